The molecule has 0 amide bonds. The van der Waals surface area contributed by atoms with Crippen LogP contribution in [0.1, 0.15) is 10.4 Å². The van der Waals surface area contributed by atoms with E-state index in [-0.39, 0.29) is 5.75 Å². The van der Waals surface area contributed by atoms with E-state index in [1.807, 2.05) is 18.2 Å². The van der Waals surface area contributed by atoms with Crippen molar-refractivity contribution in [2.45, 2.75) is 0 Å². The number of fused-ring (bicyclic) bond motifs is 2. The maximum Gasteiger partial charge on any atom is 0.343 e. The van der Waals surface area contributed by atoms with E-state index in [1.54, 1.807) is 49.6 Å². The Morgan fingerprint density at radius 3 is 2.59 bits per heavy atom. The van der Waals surface area contributed by atoms with Gasteiger partial charge in [0.25, 0.3) is 0 Å². The summed E-state index contributed by atoms with van der Waals surface area (Å²) in [7, 11) is 1.56. The summed E-state index contributed by atoms with van der Waals surface area (Å²) in [6.07, 6.45) is 0. The molecule has 0 bridgehead atoms. The molecule has 32 heavy (non-hydrogen) atoms. The predicted octanol–water partition coefficient (Wildman–Crippen LogP) is 6.09. The molecule has 0 radical (unpaired) electrons. The monoisotopic (exact) mass is 446 g/mol. The average Bonchev–Trinajstić information content (AvgIpc) is 3.23. The smallest absolute Gasteiger partial charge is 0.343 e. The Kier molecular flexibility index (Phi) is 4.92. The summed E-state index contributed by atoms with van der Waals surface area (Å²) in [5.41, 5.74) is 1.21. The van der Waals surface area contributed by atoms with Gasteiger partial charge in [0, 0.05) is 27.4 Å². The van der Waals surface area contributed by atoms with Gasteiger partial charge in [-0.3, -0.25) is 0 Å². The van der Waals surface area contributed by atoms with Crippen molar-refractivity contribution in [1.29, 1.82) is 0 Å². The van der Waals surface area contributed by atoms with Crippen molar-refractivity contribution in [2.24, 2.45) is 0 Å². The lowest BCUT2D eigenvalue weighted by molar-refractivity contribution is 0.0735. The van der Waals surface area contributed by atoms with Gasteiger partial charge in [0.05, 0.1) is 12.7 Å². The van der Waals surface area contributed by atoms with E-state index in [9.17, 15) is 9.59 Å². The molecule has 0 aliphatic rings. The maximum atomic E-state index is 12.5. The first-order valence-electron chi connectivity index (χ1n) is 9.64. The van der Waals surface area contributed by atoms with Gasteiger partial charge in [-0.25, -0.2) is 9.59 Å². The van der Waals surface area contributed by atoms with Crippen LogP contribution in [0.25, 0.3) is 33.3 Å². The molecule has 5 rings (SSSR count). The number of esters is 1. The Morgan fingerprint density at radius 1 is 0.938 bits per heavy atom. The second-order valence-electron chi connectivity index (χ2n) is 7.03. The molecule has 0 spiro atoms. The van der Waals surface area contributed by atoms with Crippen LogP contribution in [0.2, 0.25) is 5.02 Å². The van der Waals surface area contributed by atoms with Crippen LogP contribution in [0.15, 0.2) is 86.4 Å². The molecule has 2 aromatic heterocycles. The minimum Gasteiger partial charge on any atom is -0.493 e. The Hall–Kier alpha value is -4.03. The lowest BCUT2D eigenvalue weighted by atomic mass is 10.1. The topological polar surface area (TPSA) is 78.9 Å². The van der Waals surface area contributed by atoms with Crippen LogP contribution in [0.5, 0.6) is 11.5 Å². The second kappa shape index (κ2) is 7.90. The largest absolute Gasteiger partial charge is 0.493 e. The number of ether oxygens (including phenoxy) is 2. The van der Waals surface area contributed by atoms with E-state index in [2.05, 4.69) is 0 Å². The van der Waals surface area contributed by atoms with Crippen LogP contribution < -0.4 is 15.1 Å². The van der Waals surface area contributed by atoms with Gasteiger partial charge in [-0.1, -0.05) is 29.8 Å². The molecule has 0 atom stereocenters. The van der Waals surface area contributed by atoms with Crippen LogP contribution in [0, 0.1) is 0 Å². The van der Waals surface area contributed by atoms with Crippen molar-refractivity contribution in [3.8, 4) is 22.8 Å². The average molecular weight is 447 g/mol. The van der Waals surface area contributed by atoms with Crippen molar-refractivity contribution in [1.82, 2.24) is 0 Å². The van der Waals surface area contributed by atoms with E-state index < -0.39 is 11.6 Å². The van der Waals surface area contributed by atoms with E-state index in [0.29, 0.717) is 44.2 Å². The molecule has 2 heterocycles. The zero-order valence-corrected chi connectivity index (χ0v) is 17.5. The standard InChI is InChI=1S/C25H15ClO6/c1-29-21-7-3-4-14-11-22(32-24(14)21)19-13-23(27)31-20-9-8-17(12-18(19)20)30-25(28)15-5-2-6-16(26)10-15/h2-13H,1H3. The fourth-order valence-corrected chi connectivity index (χ4v) is 3.71. The molecule has 0 unspecified atom stereocenters. The molecule has 0 fully saturated rings. The van der Waals surface area contributed by atoms with Gasteiger partial charge in [-0.2, -0.15) is 0 Å². The lowest BCUT2D eigenvalue weighted by Gasteiger charge is -2.07. The molecular weight excluding hydrogens is 432 g/mol. The third-order valence-corrected chi connectivity index (χ3v) is 5.21. The summed E-state index contributed by atoms with van der Waals surface area (Å²) in [6.45, 7) is 0. The zero-order valence-electron chi connectivity index (χ0n) is 16.8. The molecule has 0 aliphatic heterocycles. The highest BCUT2D eigenvalue weighted by atomic mass is 35.5. The van der Waals surface area contributed by atoms with Crippen LogP contribution in [0.4, 0.5) is 0 Å². The van der Waals surface area contributed by atoms with Crippen molar-refractivity contribution in [3.63, 3.8) is 0 Å². The molecule has 158 valence electrons. The van der Waals surface area contributed by atoms with E-state index in [4.69, 9.17) is 29.9 Å². The molecule has 6 nitrogen and oxygen atoms in total. The van der Waals surface area contributed by atoms with Crippen molar-refractivity contribution < 1.29 is 23.1 Å². The number of carbonyl (C=O) groups excluding carboxylic acids is 1. The molecule has 5 aromatic rings. The Morgan fingerprint density at radius 2 is 1.78 bits per heavy atom. The first-order chi connectivity index (χ1) is 15.5. The summed E-state index contributed by atoms with van der Waals surface area (Å²) < 4.78 is 22.2. The Balaban J connectivity index is 1.60. The van der Waals surface area contributed by atoms with Gasteiger partial charge in [0.1, 0.15) is 17.1 Å². The number of para-hydroxylation sites is 1. The number of carbonyl (C=O) groups is 1. The normalized spacial score (nSPS) is 11.1. The quantitative estimate of drug-likeness (QED) is 0.189. The number of methoxy groups -OCH3 is 1. The summed E-state index contributed by atoms with van der Waals surface area (Å²) >= 11 is 5.96. The summed E-state index contributed by atoms with van der Waals surface area (Å²) in [5.74, 6) is 0.767. The second-order valence-corrected chi connectivity index (χ2v) is 7.46. The highest BCUT2D eigenvalue weighted by Gasteiger charge is 2.16. The van der Waals surface area contributed by atoms with E-state index in [1.165, 1.54) is 12.1 Å². The number of benzene rings is 3. The Labute approximate surface area is 186 Å². The molecule has 3 aromatic carbocycles. The van der Waals surface area contributed by atoms with Crippen molar-refractivity contribution >= 4 is 39.5 Å². The summed E-state index contributed by atoms with van der Waals surface area (Å²) in [6, 6.07) is 19.9. The highest BCUT2D eigenvalue weighted by molar-refractivity contribution is 6.30. The lowest BCUT2D eigenvalue weighted by Crippen LogP contribution is -2.08. The zero-order chi connectivity index (χ0) is 22.2. The summed E-state index contributed by atoms with van der Waals surface area (Å²) in [5, 5.41) is 1.81. The molecule has 0 saturated heterocycles. The van der Waals surface area contributed by atoms with Gasteiger partial charge in [0.2, 0.25) is 0 Å². The fourth-order valence-electron chi connectivity index (χ4n) is 3.52. The third kappa shape index (κ3) is 3.61. The maximum absolute atomic E-state index is 12.5. The highest BCUT2D eigenvalue weighted by Crippen LogP contribution is 2.36. The van der Waals surface area contributed by atoms with E-state index >= 15 is 0 Å². The first-order valence-corrected chi connectivity index (χ1v) is 10.0. The number of furan rings is 1. The molecule has 0 aliphatic carbocycles. The summed E-state index contributed by atoms with van der Waals surface area (Å²) in [4.78, 5) is 24.7. The number of hydrogen-bond acceptors (Lipinski definition) is 6. The van der Waals surface area contributed by atoms with Gasteiger partial charge >= 0.3 is 11.6 Å². The van der Waals surface area contributed by atoms with Crippen molar-refractivity contribution in [2.75, 3.05) is 7.11 Å². The van der Waals surface area contributed by atoms with Gasteiger partial charge in [-0.15, -0.1) is 0 Å². The van der Waals surface area contributed by atoms with Gasteiger partial charge in [0.15, 0.2) is 11.3 Å². The predicted molar refractivity (Wildman–Crippen MR) is 121 cm³/mol. The van der Waals surface area contributed by atoms with E-state index in [0.717, 1.165) is 5.39 Å². The minimum atomic E-state index is -0.556. The van der Waals surface area contributed by atoms with Crippen LogP contribution in [-0.2, 0) is 0 Å². The third-order valence-electron chi connectivity index (χ3n) is 4.98. The molecule has 0 N–H and O–H groups in total. The number of rotatable bonds is 4. The number of halogens is 1. The minimum absolute atomic E-state index is 0.284. The first kappa shape index (κ1) is 19.9. The molecule has 7 heteroatoms. The van der Waals surface area contributed by atoms with Gasteiger partial charge < -0.3 is 18.3 Å². The number of hydrogen-bond donors (Lipinski definition) is 0. The van der Waals surface area contributed by atoms with Gasteiger partial charge in [-0.05, 0) is 48.5 Å². The fraction of sp³-hybridized carbons (Fsp3) is 0.0400. The van der Waals surface area contributed by atoms with Crippen LogP contribution >= 0.6 is 11.6 Å². The molecular formula is C25H15ClO6. The van der Waals surface area contributed by atoms with Crippen molar-refractivity contribution in [3.05, 3.63) is 93.8 Å². The van der Waals surface area contributed by atoms with Crippen LogP contribution in [0.3, 0.4) is 0 Å². The molecule has 0 saturated carbocycles. The Bertz CT molecular complexity index is 1550. The van der Waals surface area contributed by atoms with Crippen LogP contribution in [-0.4, -0.2) is 13.1 Å². The SMILES string of the molecule is COc1cccc2cc(-c3cc(=O)oc4ccc(OC(=O)c5cccc(Cl)c5)cc34)oc12.